The molecule has 6 nitrogen and oxygen atoms in total. The minimum atomic E-state index is -0.750. The number of hydrogen-bond donors (Lipinski definition) is 0. The Bertz CT molecular complexity index is 218. The Morgan fingerprint density at radius 2 is 1.59 bits per heavy atom. The van der Waals surface area contributed by atoms with Crippen LogP contribution in [0.4, 0.5) is 0 Å². The Morgan fingerprint density at radius 3 is 2.12 bits per heavy atom. The maximum absolute atomic E-state index is 10.4. The van der Waals surface area contributed by atoms with E-state index in [4.69, 9.17) is 9.47 Å². The number of hydrogen-bond acceptors (Lipinski definition) is 6. The van der Waals surface area contributed by atoms with Crippen molar-refractivity contribution in [1.82, 2.24) is 0 Å². The lowest BCUT2D eigenvalue weighted by atomic mass is 10.1. The summed E-state index contributed by atoms with van der Waals surface area (Å²) < 4.78 is 14.1. The fourth-order valence-corrected chi connectivity index (χ4v) is 1.45. The van der Waals surface area contributed by atoms with E-state index in [1.165, 1.54) is 0 Å². The van der Waals surface area contributed by atoms with Crippen LogP contribution in [0, 0.1) is 0 Å². The SMILES string of the molecule is CCCCCC(OC=O)C(COC=O)OC=O. The molecule has 0 bridgehead atoms. The lowest BCUT2D eigenvalue weighted by Gasteiger charge is -2.23. The second-order valence-electron chi connectivity index (χ2n) is 3.47. The highest BCUT2D eigenvalue weighted by Gasteiger charge is 2.24. The smallest absolute Gasteiger partial charge is 0.293 e. The molecule has 0 heterocycles. The summed E-state index contributed by atoms with van der Waals surface area (Å²) in [5, 5.41) is 0. The molecule has 2 atom stereocenters. The third kappa shape index (κ3) is 7.32. The average molecular weight is 246 g/mol. The van der Waals surface area contributed by atoms with Crippen molar-refractivity contribution in [1.29, 1.82) is 0 Å². The van der Waals surface area contributed by atoms with Crippen LogP contribution in [0.5, 0.6) is 0 Å². The first kappa shape index (κ1) is 15.4. The zero-order valence-electron chi connectivity index (χ0n) is 9.87. The number of rotatable bonds is 12. The van der Waals surface area contributed by atoms with Crippen molar-refractivity contribution < 1.29 is 28.6 Å². The van der Waals surface area contributed by atoms with Crippen molar-refractivity contribution >= 4 is 19.4 Å². The van der Waals surface area contributed by atoms with E-state index in [1.54, 1.807) is 0 Å². The summed E-state index contributed by atoms with van der Waals surface area (Å²) >= 11 is 0. The Morgan fingerprint density at radius 1 is 0.941 bits per heavy atom. The molecule has 0 saturated heterocycles. The highest BCUT2D eigenvalue weighted by molar-refractivity contribution is 5.40. The second kappa shape index (κ2) is 10.9. The quantitative estimate of drug-likeness (QED) is 0.288. The predicted molar refractivity (Wildman–Crippen MR) is 58.0 cm³/mol. The molecule has 0 aromatic carbocycles. The van der Waals surface area contributed by atoms with Gasteiger partial charge in [0.25, 0.3) is 19.4 Å². The zero-order valence-corrected chi connectivity index (χ0v) is 9.87. The van der Waals surface area contributed by atoms with E-state index < -0.39 is 12.2 Å². The Balaban J connectivity index is 4.27. The van der Waals surface area contributed by atoms with Gasteiger partial charge in [-0.3, -0.25) is 14.4 Å². The number of ether oxygens (including phenoxy) is 3. The van der Waals surface area contributed by atoms with Crippen molar-refractivity contribution in [3.8, 4) is 0 Å². The van der Waals surface area contributed by atoms with Crippen LogP contribution < -0.4 is 0 Å². The van der Waals surface area contributed by atoms with Crippen molar-refractivity contribution in [3.63, 3.8) is 0 Å². The van der Waals surface area contributed by atoms with Gasteiger partial charge in [0.1, 0.15) is 12.7 Å². The Hall–Kier alpha value is -1.59. The van der Waals surface area contributed by atoms with Gasteiger partial charge in [-0.25, -0.2) is 0 Å². The summed E-state index contributed by atoms with van der Waals surface area (Å²) in [6.45, 7) is 2.74. The van der Waals surface area contributed by atoms with E-state index in [0.29, 0.717) is 12.9 Å². The standard InChI is InChI=1S/C11H18O6/c1-2-3-4-5-10(16-8-13)11(17-9-14)6-15-7-12/h7-11H,2-6H2,1H3. The number of unbranched alkanes of at least 4 members (excludes halogenated alkanes) is 2. The highest BCUT2D eigenvalue weighted by atomic mass is 16.6. The van der Waals surface area contributed by atoms with Crippen LogP contribution in [-0.2, 0) is 28.6 Å². The van der Waals surface area contributed by atoms with Crippen molar-refractivity contribution in [2.75, 3.05) is 6.61 Å². The molecule has 98 valence electrons. The largest absolute Gasteiger partial charge is 0.464 e. The van der Waals surface area contributed by atoms with Crippen molar-refractivity contribution in [3.05, 3.63) is 0 Å². The lowest BCUT2D eigenvalue weighted by Crippen LogP contribution is -2.35. The average Bonchev–Trinajstić information content (AvgIpc) is 2.34. The van der Waals surface area contributed by atoms with Crippen LogP contribution >= 0.6 is 0 Å². The van der Waals surface area contributed by atoms with Crippen LogP contribution in [-0.4, -0.2) is 38.2 Å². The molecule has 0 aliphatic rings. The molecule has 0 rings (SSSR count). The molecule has 0 aromatic rings. The summed E-state index contributed by atoms with van der Waals surface area (Å²) in [4.78, 5) is 30.7. The summed E-state index contributed by atoms with van der Waals surface area (Å²) in [6.07, 6.45) is 2.09. The third-order valence-electron chi connectivity index (χ3n) is 2.30. The van der Waals surface area contributed by atoms with Gasteiger partial charge in [0.15, 0.2) is 6.10 Å². The molecule has 0 aliphatic carbocycles. The second-order valence-corrected chi connectivity index (χ2v) is 3.47. The number of carbonyl (C=O) groups excluding carboxylic acids is 3. The van der Waals surface area contributed by atoms with E-state index in [1.807, 2.05) is 6.92 Å². The molecule has 17 heavy (non-hydrogen) atoms. The molecule has 0 fully saturated rings. The topological polar surface area (TPSA) is 78.9 Å². The highest BCUT2D eigenvalue weighted by Crippen LogP contribution is 2.12. The van der Waals surface area contributed by atoms with Crippen LogP contribution in [0.15, 0.2) is 0 Å². The van der Waals surface area contributed by atoms with Gasteiger partial charge in [-0.1, -0.05) is 19.8 Å². The van der Waals surface area contributed by atoms with E-state index in [-0.39, 0.29) is 19.6 Å². The first-order valence-corrected chi connectivity index (χ1v) is 5.53. The van der Waals surface area contributed by atoms with E-state index in [0.717, 1.165) is 19.3 Å². The van der Waals surface area contributed by atoms with Crippen LogP contribution in [0.25, 0.3) is 0 Å². The third-order valence-corrected chi connectivity index (χ3v) is 2.30. The van der Waals surface area contributed by atoms with Crippen LogP contribution in [0.3, 0.4) is 0 Å². The van der Waals surface area contributed by atoms with Gasteiger partial charge in [0, 0.05) is 0 Å². The summed E-state index contributed by atoms with van der Waals surface area (Å²) in [6, 6.07) is 0. The predicted octanol–water partition coefficient (Wildman–Crippen LogP) is 0.823. The maximum atomic E-state index is 10.4. The Labute approximate surface area is 100 Å². The minimum Gasteiger partial charge on any atom is -0.464 e. The first-order valence-electron chi connectivity index (χ1n) is 5.53. The van der Waals surface area contributed by atoms with E-state index >= 15 is 0 Å². The van der Waals surface area contributed by atoms with E-state index in [2.05, 4.69) is 4.74 Å². The van der Waals surface area contributed by atoms with Gasteiger partial charge in [-0.2, -0.15) is 0 Å². The summed E-state index contributed by atoms with van der Waals surface area (Å²) in [7, 11) is 0. The van der Waals surface area contributed by atoms with Crippen molar-refractivity contribution in [2.24, 2.45) is 0 Å². The minimum absolute atomic E-state index is 0.118. The van der Waals surface area contributed by atoms with Gasteiger partial charge >= 0.3 is 0 Å². The molecule has 2 unspecified atom stereocenters. The molecule has 0 aliphatic heterocycles. The lowest BCUT2D eigenvalue weighted by molar-refractivity contribution is -0.159. The molecule has 0 aromatic heterocycles. The molecular formula is C11H18O6. The van der Waals surface area contributed by atoms with Gasteiger partial charge in [0.2, 0.25) is 0 Å². The zero-order chi connectivity index (χ0) is 12.9. The van der Waals surface area contributed by atoms with Gasteiger partial charge in [-0.05, 0) is 12.8 Å². The van der Waals surface area contributed by atoms with Gasteiger partial charge < -0.3 is 14.2 Å². The molecule has 0 N–H and O–H groups in total. The summed E-state index contributed by atoms with van der Waals surface area (Å²) in [5.74, 6) is 0. The summed E-state index contributed by atoms with van der Waals surface area (Å²) in [5.41, 5.74) is 0. The van der Waals surface area contributed by atoms with Crippen LogP contribution in [0.1, 0.15) is 32.6 Å². The van der Waals surface area contributed by atoms with E-state index in [9.17, 15) is 14.4 Å². The van der Waals surface area contributed by atoms with Crippen molar-refractivity contribution in [2.45, 2.75) is 44.8 Å². The molecule has 0 saturated carbocycles. The first-order chi connectivity index (χ1) is 8.29. The molecule has 0 amide bonds. The number of carbonyl (C=O) groups is 3. The Kier molecular flexibility index (Phi) is 9.89. The normalized spacial score (nSPS) is 13.2. The molecule has 6 heteroatoms. The molecular weight excluding hydrogens is 228 g/mol. The monoisotopic (exact) mass is 246 g/mol. The molecule has 0 spiro atoms. The van der Waals surface area contributed by atoms with Crippen LogP contribution in [0.2, 0.25) is 0 Å². The molecule has 0 radical (unpaired) electrons. The van der Waals surface area contributed by atoms with Gasteiger partial charge in [-0.15, -0.1) is 0 Å². The maximum Gasteiger partial charge on any atom is 0.293 e. The fraction of sp³-hybridized carbons (Fsp3) is 0.727. The fourth-order valence-electron chi connectivity index (χ4n) is 1.45. The van der Waals surface area contributed by atoms with Gasteiger partial charge in [0.05, 0.1) is 0 Å².